The zero-order valence-electron chi connectivity index (χ0n) is 20.9. The minimum Gasteiger partial charge on any atom is -0.456 e. The van der Waals surface area contributed by atoms with Gasteiger partial charge in [-0.05, 0) is 67.4 Å². The molecule has 0 saturated heterocycles. The van der Waals surface area contributed by atoms with Gasteiger partial charge in [-0.2, -0.15) is 0 Å². The lowest BCUT2D eigenvalue weighted by Gasteiger charge is -2.37. The lowest BCUT2D eigenvalue weighted by molar-refractivity contribution is 0.0223. The molecule has 0 fully saturated rings. The molecule has 5 heteroatoms. The van der Waals surface area contributed by atoms with E-state index in [0.717, 1.165) is 57.0 Å². The molecule has 0 amide bonds. The monoisotopic (exact) mass is 476 g/mol. The number of esters is 1. The third-order valence-corrected chi connectivity index (χ3v) is 7.09. The summed E-state index contributed by atoms with van der Waals surface area (Å²) >= 11 is 0. The third kappa shape index (κ3) is 3.27. The van der Waals surface area contributed by atoms with E-state index in [4.69, 9.17) is 9.47 Å². The zero-order valence-corrected chi connectivity index (χ0v) is 20.9. The minimum atomic E-state index is -1.04. The van der Waals surface area contributed by atoms with Crippen LogP contribution in [0.2, 0.25) is 0 Å². The van der Waals surface area contributed by atoms with Crippen LogP contribution >= 0.6 is 0 Å². The van der Waals surface area contributed by atoms with Gasteiger partial charge in [-0.1, -0.05) is 36.8 Å². The van der Waals surface area contributed by atoms with Gasteiger partial charge < -0.3 is 19.7 Å². The van der Waals surface area contributed by atoms with Crippen molar-refractivity contribution in [3.8, 4) is 11.5 Å². The molecular weight excluding hydrogens is 448 g/mol. The summed E-state index contributed by atoms with van der Waals surface area (Å²) in [5.74, 6) is 1.14. The second kappa shape index (κ2) is 8.16. The predicted octanol–water partition coefficient (Wildman–Crippen LogP) is 6.94. The van der Waals surface area contributed by atoms with Gasteiger partial charge in [0.25, 0.3) is 0 Å². The molecule has 0 aliphatic carbocycles. The molecule has 4 aromatic rings. The van der Waals surface area contributed by atoms with E-state index in [9.17, 15) is 4.79 Å². The number of anilines is 3. The molecule has 1 unspecified atom stereocenters. The Morgan fingerprint density at radius 2 is 1.61 bits per heavy atom. The predicted molar refractivity (Wildman–Crippen MR) is 143 cm³/mol. The van der Waals surface area contributed by atoms with Crippen molar-refractivity contribution in [2.75, 3.05) is 24.3 Å². The summed E-state index contributed by atoms with van der Waals surface area (Å²) in [5, 5.41) is 3.48. The number of hydrogen-bond acceptors (Lipinski definition) is 5. The lowest BCUT2D eigenvalue weighted by Crippen LogP contribution is -2.33. The fraction of sp³-hybridized carbons (Fsp3) is 0.194. The average molecular weight is 477 g/mol. The van der Waals surface area contributed by atoms with E-state index in [-0.39, 0.29) is 5.97 Å². The molecule has 180 valence electrons. The van der Waals surface area contributed by atoms with Crippen LogP contribution in [0.25, 0.3) is 0 Å². The maximum atomic E-state index is 13.1. The SMILES string of the molecule is CCc1cc(C)cc2c1Oc1cc(Nc3ccc(N(C)C)cc3)ccc1C21OC(=O)c2ccccc21. The summed E-state index contributed by atoms with van der Waals surface area (Å²) in [4.78, 5) is 15.2. The van der Waals surface area contributed by atoms with E-state index in [1.807, 2.05) is 56.6 Å². The minimum absolute atomic E-state index is 0.313. The van der Waals surface area contributed by atoms with Gasteiger partial charge in [-0.15, -0.1) is 0 Å². The highest BCUT2D eigenvalue weighted by Gasteiger charge is 2.53. The first-order valence-corrected chi connectivity index (χ1v) is 12.2. The highest BCUT2D eigenvalue weighted by Crippen LogP contribution is 2.57. The smallest absolute Gasteiger partial charge is 0.340 e. The summed E-state index contributed by atoms with van der Waals surface area (Å²) in [6.07, 6.45) is 0.807. The molecule has 1 atom stereocenters. The van der Waals surface area contributed by atoms with E-state index in [0.29, 0.717) is 11.3 Å². The Balaban J connectivity index is 1.51. The molecule has 0 bridgehead atoms. The van der Waals surface area contributed by atoms with E-state index in [1.54, 1.807) is 0 Å². The van der Waals surface area contributed by atoms with Gasteiger partial charge in [0.1, 0.15) is 11.5 Å². The van der Waals surface area contributed by atoms with Crippen molar-refractivity contribution in [2.45, 2.75) is 25.9 Å². The van der Waals surface area contributed by atoms with Crippen molar-refractivity contribution >= 4 is 23.0 Å². The number of carbonyl (C=O) groups excluding carboxylic acids is 1. The molecule has 0 aromatic heterocycles. The first-order valence-electron chi connectivity index (χ1n) is 12.2. The second-order valence-corrected chi connectivity index (χ2v) is 9.65. The summed E-state index contributed by atoms with van der Waals surface area (Å²) in [6.45, 7) is 4.19. The maximum Gasteiger partial charge on any atom is 0.340 e. The van der Waals surface area contributed by atoms with Crippen molar-refractivity contribution in [3.05, 3.63) is 112 Å². The van der Waals surface area contributed by atoms with Crippen molar-refractivity contribution in [1.82, 2.24) is 0 Å². The van der Waals surface area contributed by atoms with Gasteiger partial charge in [0.15, 0.2) is 5.60 Å². The fourth-order valence-electron chi connectivity index (χ4n) is 5.35. The summed E-state index contributed by atoms with van der Waals surface area (Å²) in [6, 6.07) is 26.2. The van der Waals surface area contributed by atoms with Gasteiger partial charge >= 0.3 is 5.97 Å². The van der Waals surface area contributed by atoms with Crippen LogP contribution in [0.4, 0.5) is 17.1 Å². The summed E-state index contributed by atoms with van der Waals surface area (Å²) in [5.41, 5.74) is 7.33. The number of hydrogen-bond donors (Lipinski definition) is 1. The molecule has 1 spiro atoms. The van der Waals surface area contributed by atoms with Crippen molar-refractivity contribution in [3.63, 3.8) is 0 Å². The first-order chi connectivity index (χ1) is 17.4. The number of nitrogens with zero attached hydrogens (tertiary/aromatic N) is 1. The van der Waals surface area contributed by atoms with E-state index in [2.05, 4.69) is 60.5 Å². The number of fused-ring (bicyclic) bond motifs is 6. The Bertz CT molecular complexity index is 1510. The van der Waals surface area contributed by atoms with Crippen LogP contribution in [-0.4, -0.2) is 20.1 Å². The Morgan fingerprint density at radius 1 is 0.861 bits per heavy atom. The van der Waals surface area contributed by atoms with Crippen molar-refractivity contribution in [2.24, 2.45) is 0 Å². The normalized spacial score (nSPS) is 17.1. The largest absolute Gasteiger partial charge is 0.456 e. The number of rotatable bonds is 4. The van der Waals surface area contributed by atoms with Gasteiger partial charge in [0.2, 0.25) is 0 Å². The van der Waals surface area contributed by atoms with Crippen molar-refractivity contribution < 1.29 is 14.3 Å². The Hall–Kier alpha value is -4.25. The van der Waals surface area contributed by atoms with Crippen LogP contribution in [0.15, 0.2) is 78.9 Å². The molecule has 2 heterocycles. The number of ether oxygens (including phenoxy) is 2. The third-order valence-electron chi connectivity index (χ3n) is 7.09. The van der Waals surface area contributed by atoms with Crippen LogP contribution in [0.3, 0.4) is 0 Å². The first kappa shape index (κ1) is 22.2. The van der Waals surface area contributed by atoms with Crippen LogP contribution in [0.1, 0.15) is 45.1 Å². The van der Waals surface area contributed by atoms with Gasteiger partial charge in [0, 0.05) is 53.9 Å². The Kier molecular flexibility index (Phi) is 5.04. The molecule has 5 nitrogen and oxygen atoms in total. The van der Waals surface area contributed by atoms with Gasteiger partial charge in [-0.3, -0.25) is 0 Å². The summed E-state index contributed by atoms with van der Waals surface area (Å²) in [7, 11) is 4.05. The molecule has 2 aliphatic heterocycles. The van der Waals surface area contributed by atoms with Gasteiger partial charge in [0.05, 0.1) is 5.56 Å². The Morgan fingerprint density at radius 3 is 2.36 bits per heavy atom. The molecule has 2 aliphatic rings. The molecule has 6 rings (SSSR count). The number of aryl methyl sites for hydroxylation is 2. The molecule has 4 aromatic carbocycles. The van der Waals surface area contributed by atoms with Crippen molar-refractivity contribution in [1.29, 1.82) is 0 Å². The van der Waals surface area contributed by atoms with E-state index >= 15 is 0 Å². The van der Waals surface area contributed by atoms with Crippen LogP contribution < -0.4 is 15.0 Å². The maximum absolute atomic E-state index is 13.1. The second-order valence-electron chi connectivity index (χ2n) is 9.65. The van der Waals surface area contributed by atoms with Gasteiger partial charge in [-0.25, -0.2) is 4.79 Å². The average Bonchev–Trinajstić information content (AvgIpc) is 3.17. The van der Waals surface area contributed by atoms with E-state index in [1.165, 1.54) is 0 Å². The number of nitrogens with one attached hydrogen (secondary N) is 1. The van der Waals surface area contributed by atoms with Crippen LogP contribution in [0, 0.1) is 6.92 Å². The topological polar surface area (TPSA) is 50.8 Å². The number of carbonyl (C=O) groups is 1. The molecule has 36 heavy (non-hydrogen) atoms. The van der Waals surface area contributed by atoms with Crippen LogP contribution in [-0.2, 0) is 16.8 Å². The number of benzene rings is 4. The molecule has 0 saturated carbocycles. The summed E-state index contributed by atoms with van der Waals surface area (Å²) < 4.78 is 12.9. The highest BCUT2D eigenvalue weighted by molar-refractivity contribution is 5.97. The zero-order chi connectivity index (χ0) is 25.0. The molecule has 1 N–H and O–H groups in total. The van der Waals surface area contributed by atoms with E-state index < -0.39 is 5.60 Å². The quantitative estimate of drug-likeness (QED) is 0.324. The lowest BCUT2D eigenvalue weighted by atomic mass is 9.76. The fourth-order valence-corrected chi connectivity index (χ4v) is 5.35. The molecule has 0 radical (unpaired) electrons. The molecular formula is C31H28N2O3. The highest BCUT2D eigenvalue weighted by atomic mass is 16.6. The Labute approximate surface area is 211 Å². The standard InChI is InChI=1S/C31H28N2O3/c1-5-20-16-19(2)17-27-29(20)35-28-18-22(32-21-10-13-23(14-11-21)33(3)4)12-15-26(28)31(27)25-9-7-6-8-24(25)30(34)36-31/h6-18,32H,5H2,1-4H3. The van der Waals surface area contributed by atoms with Crippen LogP contribution in [0.5, 0.6) is 11.5 Å².